The molecule has 146 valence electrons. The molecule has 1 saturated heterocycles. The number of anilines is 1. The lowest BCUT2D eigenvalue weighted by Crippen LogP contribution is -2.44. The highest BCUT2D eigenvalue weighted by Gasteiger charge is 2.32. The fourth-order valence-electron chi connectivity index (χ4n) is 4.33. The van der Waals surface area contributed by atoms with E-state index in [9.17, 15) is 0 Å². The van der Waals surface area contributed by atoms with E-state index in [0.29, 0.717) is 0 Å². The zero-order valence-corrected chi connectivity index (χ0v) is 17.1. The molecule has 1 fully saturated rings. The first-order valence-electron chi connectivity index (χ1n) is 10.4. The smallest absolute Gasteiger partial charge is 0.118 e. The quantitative estimate of drug-likeness (QED) is 0.741. The van der Waals surface area contributed by atoms with Crippen LogP contribution in [0.2, 0.25) is 0 Å². The van der Waals surface area contributed by atoms with Crippen molar-refractivity contribution in [2.24, 2.45) is 0 Å². The second kappa shape index (κ2) is 9.80. The van der Waals surface area contributed by atoms with Crippen LogP contribution in [0.4, 0.5) is 5.69 Å². The number of hydrogen-bond acceptors (Lipinski definition) is 3. The Hall–Kier alpha value is -2.00. The van der Waals surface area contributed by atoms with Crippen molar-refractivity contribution in [2.75, 3.05) is 38.2 Å². The summed E-state index contributed by atoms with van der Waals surface area (Å²) in [5.41, 5.74) is 3.10. The minimum atomic E-state index is 0.750. The Kier molecular flexibility index (Phi) is 7.17. The molecule has 4 rings (SSSR count). The second-order valence-corrected chi connectivity index (χ2v) is 7.50. The second-order valence-electron chi connectivity index (χ2n) is 7.50. The van der Waals surface area contributed by atoms with E-state index < -0.39 is 0 Å². The van der Waals surface area contributed by atoms with Crippen LogP contribution < -0.4 is 9.64 Å². The lowest BCUT2D eigenvalue weighted by molar-refractivity contribution is 0.219. The summed E-state index contributed by atoms with van der Waals surface area (Å²) in [6.45, 7) is 9.60. The van der Waals surface area contributed by atoms with Crippen LogP contribution in [-0.2, 0) is 0 Å². The Morgan fingerprint density at radius 2 is 1.59 bits per heavy atom. The average molecular weight is 367 g/mol. The number of methoxy groups -OCH3 is 1. The van der Waals surface area contributed by atoms with Crippen LogP contribution in [0.5, 0.6) is 5.75 Å². The number of likely N-dealkylation sites (tertiary alicyclic amines) is 1. The Labute approximate surface area is 164 Å². The molecule has 0 radical (unpaired) electrons. The van der Waals surface area contributed by atoms with Gasteiger partial charge >= 0.3 is 0 Å². The summed E-state index contributed by atoms with van der Waals surface area (Å²) in [4.78, 5) is 5.28. The third kappa shape index (κ3) is 4.84. The van der Waals surface area contributed by atoms with Crippen molar-refractivity contribution < 1.29 is 4.74 Å². The number of fused-ring (bicyclic) bond motifs is 1. The Bertz CT molecular complexity index is 680. The summed E-state index contributed by atoms with van der Waals surface area (Å²) in [7, 11) is 1.66. The normalized spacial score (nSPS) is 20.0. The van der Waals surface area contributed by atoms with Crippen molar-refractivity contribution in [1.29, 1.82) is 0 Å². The molecule has 0 aliphatic carbocycles. The third-order valence-corrected chi connectivity index (χ3v) is 6.02. The molecule has 1 atom stereocenters. The first kappa shape index (κ1) is 19.8. The Morgan fingerprint density at radius 3 is 2.19 bits per heavy atom. The lowest BCUT2D eigenvalue weighted by Gasteiger charge is -2.38. The molecule has 0 saturated carbocycles. The molecule has 1 unspecified atom stereocenters. The van der Waals surface area contributed by atoms with Crippen molar-refractivity contribution in [3.63, 3.8) is 0 Å². The number of hydrogen-bond donors (Lipinski definition) is 0. The largest absolute Gasteiger partial charge is 0.497 e. The lowest BCUT2D eigenvalue weighted by atomic mass is 9.99. The summed E-state index contributed by atoms with van der Waals surface area (Å²) in [6, 6.07) is 19.5. The topological polar surface area (TPSA) is 15.7 Å². The molecule has 0 aromatic heterocycles. The van der Waals surface area contributed by atoms with Crippen LogP contribution in [0.3, 0.4) is 0 Å². The summed E-state index contributed by atoms with van der Waals surface area (Å²) >= 11 is 0. The molecule has 2 aliphatic heterocycles. The van der Waals surface area contributed by atoms with Gasteiger partial charge in [0.25, 0.3) is 0 Å². The van der Waals surface area contributed by atoms with Gasteiger partial charge in [0.1, 0.15) is 5.75 Å². The van der Waals surface area contributed by atoms with Gasteiger partial charge < -0.3 is 14.5 Å². The Morgan fingerprint density at radius 1 is 0.926 bits per heavy atom. The van der Waals surface area contributed by atoms with Crippen LogP contribution in [0.1, 0.15) is 44.6 Å². The minimum Gasteiger partial charge on any atom is -0.497 e. The van der Waals surface area contributed by atoms with Crippen LogP contribution in [0.15, 0.2) is 54.6 Å². The molecular formula is C24H34N2O. The number of ether oxygens (including phenoxy) is 1. The molecule has 2 heterocycles. The summed E-state index contributed by atoms with van der Waals surface area (Å²) in [5.74, 6) is 1.66. The highest BCUT2D eigenvalue weighted by Crippen LogP contribution is 2.40. The van der Waals surface area contributed by atoms with E-state index in [-0.39, 0.29) is 0 Å². The maximum atomic E-state index is 4.91. The van der Waals surface area contributed by atoms with Gasteiger partial charge in [-0.25, -0.2) is 0 Å². The van der Waals surface area contributed by atoms with Crippen LogP contribution in [-0.4, -0.2) is 44.2 Å². The Balaban J connectivity index is 0.000000221. The fourth-order valence-corrected chi connectivity index (χ4v) is 4.33. The molecule has 3 nitrogen and oxygen atoms in total. The zero-order chi connectivity index (χ0) is 19.1. The predicted octanol–water partition coefficient (Wildman–Crippen LogP) is 5.18. The van der Waals surface area contributed by atoms with E-state index in [1.807, 2.05) is 30.3 Å². The molecule has 2 aromatic rings. The third-order valence-electron chi connectivity index (χ3n) is 6.02. The molecule has 2 aromatic carbocycles. The zero-order valence-electron chi connectivity index (χ0n) is 17.1. The van der Waals surface area contributed by atoms with E-state index in [2.05, 4.69) is 47.9 Å². The molecule has 0 N–H and O–H groups in total. The molecular weight excluding hydrogens is 332 g/mol. The van der Waals surface area contributed by atoms with Gasteiger partial charge in [0, 0.05) is 37.3 Å². The number of piperidine rings is 1. The first-order chi connectivity index (χ1) is 13.3. The van der Waals surface area contributed by atoms with Crippen molar-refractivity contribution >= 4 is 5.69 Å². The van der Waals surface area contributed by atoms with Gasteiger partial charge in [0.15, 0.2) is 0 Å². The summed E-state index contributed by atoms with van der Waals surface area (Å²) in [5, 5.41) is 0. The van der Waals surface area contributed by atoms with Crippen molar-refractivity contribution in [3.05, 3.63) is 60.2 Å². The van der Waals surface area contributed by atoms with Gasteiger partial charge in [-0.15, -0.1) is 0 Å². The van der Waals surface area contributed by atoms with Gasteiger partial charge in [-0.05, 0) is 49.6 Å². The number of benzene rings is 2. The van der Waals surface area contributed by atoms with E-state index in [1.165, 1.54) is 51.1 Å². The number of rotatable bonds is 4. The molecule has 0 bridgehead atoms. The first-order valence-corrected chi connectivity index (χ1v) is 10.4. The van der Waals surface area contributed by atoms with Crippen LogP contribution >= 0.6 is 0 Å². The van der Waals surface area contributed by atoms with E-state index in [0.717, 1.165) is 17.7 Å². The minimum absolute atomic E-state index is 0.750. The van der Waals surface area contributed by atoms with Crippen LogP contribution in [0, 0.1) is 0 Å². The molecule has 0 spiro atoms. The highest BCUT2D eigenvalue weighted by molar-refractivity contribution is 5.61. The molecule has 27 heavy (non-hydrogen) atoms. The molecule has 2 aliphatic rings. The number of nitrogens with zero attached hydrogens (tertiary/aromatic N) is 2. The van der Waals surface area contributed by atoms with Gasteiger partial charge in [0.05, 0.1) is 7.11 Å². The van der Waals surface area contributed by atoms with Crippen LogP contribution in [0.25, 0.3) is 0 Å². The van der Waals surface area contributed by atoms with Gasteiger partial charge in [-0.1, -0.05) is 50.2 Å². The fraction of sp³-hybridized carbons (Fsp3) is 0.500. The standard InChI is InChI=1S/C17H26N2.C7H8O/c1-3-14-13-19(17-8-6-5-7-16(14)17)15-9-11-18(4-2)12-10-15;1-8-7-5-3-2-4-6-7/h5-8,14-15H,3-4,9-13H2,1-2H3;2-6H,1H3. The number of para-hydroxylation sites is 2. The van der Waals surface area contributed by atoms with Crippen molar-refractivity contribution in [3.8, 4) is 5.75 Å². The van der Waals surface area contributed by atoms with Crippen molar-refractivity contribution in [1.82, 2.24) is 4.90 Å². The SMILES string of the molecule is CCC1CN(C2CCN(CC)CC2)c2ccccc21.COc1ccccc1. The molecule has 3 heteroatoms. The highest BCUT2D eigenvalue weighted by atomic mass is 16.5. The predicted molar refractivity (Wildman–Crippen MR) is 115 cm³/mol. The maximum Gasteiger partial charge on any atom is 0.118 e. The summed E-state index contributed by atoms with van der Waals surface area (Å²) in [6.07, 6.45) is 3.93. The van der Waals surface area contributed by atoms with E-state index in [4.69, 9.17) is 4.74 Å². The monoisotopic (exact) mass is 366 g/mol. The maximum absolute atomic E-state index is 4.91. The summed E-state index contributed by atoms with van der Waals surface area (Å²) < 4.78 is 4.91. The van der Waals surface area contributed by atoms with E-state index in [1.54, 1.807) is 12.7 Å². The van der Waals surface area contributed by atoms with Gasteiger partial charge in [-0.2, -0.15) is 0 Å². The molecule has 0 amide bonds. The van der Waals surface area contributed by atoms with E-state index >= 15 is 0 Å². The van der Waals surface area contributed by atoms with Crippen molar-refractivity contribution in [2.45, 2.75) is 45.1 Å². The average Bonchev–Trinajstić information content (AvgIpc) is 3.14. The van der Waals surface area contributed by atoms with Gasteiger partial charge in [-0.3, -0.25) is 0 Å². The van der Waals surface area contributed by atoms with Gasteiger partial charge in [0.2, 0.25) is 0 Å².